The second-order valence-electron chi connectivity index (χ2n) is 5.41. The zero-order valence-electron chi connectivity index (χ0n) is 12.5. The van der Waals surface area contributed by atoms with Crippen LogP contribution in [0.25, 0.3) is 0 Å². The molecule has 0 aromatic heterocycles. The van der Waals surface area contributed by atoms with Gasteiger partial charge >= 0.3 is 0 Å². The zero-order chi connectivity index (χ0) is 14.3. The molecule has 4 heteroatoms. The van der Waals surface area contributed by atoms with Crippen LogP contribution < -0.4 is 15.8 Å². The molecule has 0 amide bonds. The van der Waals surface area contributed by atoms with E-state index in [1.54, 1.807) is 7.11 Å². The number of nitrogens with one attached hydrogen (secondary N) is 1. The van der Waals surface area contributed by atoms with Crippen LogP contribution in [0.5, 0.6) is 5.75 Å². The maximum atomic E-state index is 6.09. The summed E-state index contributed by atoms with van der Waals surface area (Å²) in [6.07, 6.45) is 1.00. The number of nitrogen functional groups attached to an aromatic ring is 1. The smallest absolute Gasteiger partial charge is 0.144 e. The first kappa shape index (κ1) is 15.6. The van der Waals surface area contributed by atoms with E-state index in [0.717, 1.165) is 31.0 Å². The minimum absolute atomic E-state index is 0.157. The lowest BCUT2D eigenvalue weighted by Gasteiger charge is -2.25. The maximum absolute atomic E-state index is 6.09. The number of para-hydroxylation sites is 1. The molecule has 3 N–H and O–H groups in total. The van der Waals surface area contributed by atoms with Gasteiger partial charge in [0.15, 0.2) is 0 Å². The third-order valence-electron chi connectivity index (χ3n) is 3.11. The molecular formula is C15H26N2O2. The highest BCUT2D eigenvalue weighted by Crippen LogP contribution is 2.30. The SMILES string of the molecule is CCOc1cccc(NCC(C)(C)CCOC)c1N. The highest BCUT2D eigenvalue weighted by atomic mass is 16.5. The summed E-state index contributed by atoms with van der Waals surface area (Å²) in [5.41, 5.74) is 7.84. The average Bonchev–Trinajstić information content (AvgIpc) is 2.38. The largest absolute Gasteiger partial charge is 0.492 e. The van der Waals surface area contributed by atoms with Crippen molar-refractivity contribution in [2.75, 3.05) is 37.9 Å². The number of rotatable bonds is 8. The van der Waals surface area contributed by atoms with Crippen LogP contribution in [-0.2, 0) is 4.74 Å². The molecule has 0 fully saturated rings. The number of nitrogens with two attached hydrogens (primary N) is 1. The Balaban J connectivity index is 2.64. The van der Waals surface area contributed by atoms with Crippen molar-refractivity contribution < 1.29 is 9.47 Å². The van der Waals surface area contributed by atoms with Gasteiger partial charge in [-0.05, 0) is 30.9 Å². The van der Waals surface area contributed by atoms with Crippen LogP contribution >= 0.6 is 0 Å². The first-order chi connectivity index (χ1) is 9.00. The lowest BCUT2D eigenvalue weighted by Crippen LogP contribution is -2.25. The topological polar surface area (TPSA) is 56.5 Å². The van der Waals surface area contributed by atoms with Gasteiger partial charge in [-0.3, -0.25) is 0 Å². The number of hydrogen-bond acceptors (Lipinski definition) is 4. The number of benzene rings is 1. The molecule has 0 unspecified atom stereocenters. The summed E-state index contributed by atoms with van der Waals surface area (Å²) in [5.74, 6) is 0.738. The van der Waals surface area contributed by atoms with Gasteiger partial charge in [0.2, 0.25) is 0 Å². The number of methoxy groups -OCH3 is 1. The summed E-state index contributed by atoms with van der Waals surface area (Å²) in [4.78, 5) is 0. The molecule has 0 aliphatic heterocycles. The molecule has 0 heterocycles. The Morgan fingerprint density at radius 2 is 2.05 bits per heavy atom. The highest BCUT2D eigenvalue weighted by Gasteiger charge is 2.18. The van der Waals surface area contributed by atoms with E-state index in [4.69, 9.17) is 15.2 Å². The molecule has 1 aromatic carbocycles. The van der Waals surface area contributed by atoms with Crippen molar-refractivity contribution in [3.05, 3.63) is 18.2 Å². The van der Waals surface area contributed by atoms with Crippen molar-refractivity contribution in [1.82, 2.24) is 0 Å². The van der Waals surface area contributed by atoms with Gasteiger partial charge in [-0.15, -0.1) is 0 Å². The zero-order valence-corrected chi connectivity index (χ0v) is 12.5. The van der Waals surface area contributed by atoms with Crippen molar-refractivity contribution >= 4 is 11.4 Å². The van der Waals surface area contributed by atoms with Crippen LogP contribution in [-0.4, -0.2) is 26.9 Å². The Labute approximate surface area is 116 Å². The molecule has 19 heavy (non-hydrogen) atoms. The van der Waals surface area contributed by atoms with Gasteiger partial charge in [-0.25, -0.2) is 0 Å². The van der Waals surface area contributed by atoms with Gasteiger partial charge in [0.1, 0.15) is 5.75 Å². The van der Waals surface area contributed by atoms with Crippen LogP contribution in [0.15, 0.2) is 18.2 Å². The van der Waals surface area contributed by atoms with E-state index in [0.29, 0.717) is 12.3 Å². The van der Waals surface area contributed by atoms with Gasteiger partial charge < -0.3 is 20.5 Å². The third kappa shape index (κ3) is 4.99. The van der Waals surface area contributed by atoms with Crippen LogP contribution in [0, 0.1) is 5.41 Å². The van der Waals surface area contributed by atoms with Crippen molar-refractivity contribution in [3.63, 3.8) is 0 Å². The van der Waals surface area contributed by atoms with Crippen LogP contribution in [0.4, 0.5) is 11.4 Å². The standard InChI is InChI=1S/C15H26N2O2/c1-5-19-13-8-6-7-12(14(13)16)17-11-15(2,3)9-10-18-4/h6-8,17H,5,9-11,16H2,1-4H3. The fourth-order valence-electron chi connectivity index (χ4n) is 1.78. The van der Waals surface area contributed by atoms with Gasteiger partial charge in [-0.1, -0.05) is 19.9 Å². The van der Waals surface area contributed by atoms with Crippen molar-refractivity contribution in [2.45, 2.75) is 27.2 Å². The summed E-state index contributed by atoms with van der Waals surface area (Å²) in [7, 11) is 1.73. The molecule has 0 saturated heterocycles. The van der Waals surface area contributed by atoms with Crippen molar-refractivity contribution in [2.24, 2.45) is 5.41 Å². The van der Waals surface area contributed by atoms with Gasteiger partial charge in [0.25, 0.3) is 0 Å². The number of ether oxygens (including phenoxy) is 2. The second kappa shape index (κ2) is 7.24. The number of anilines is 2. The van der Waals surface area contributed by atoms with Crippen LogP contribution in [0.2, 0.25) is 0 Å². The molecule has 1 rings (SSSR count). The molecule has 4 nitrogen and oxygen atoms in total. The van der Waals surface area contributed by atoms with Gasteiger partial charge in [0.05, 0.1) is 18.0 Å². The highest BCUT2D eigenvalue weighted by molar-refractivity contribution is 5.72. The molecule has 1 aromatic rings. The van der Waals surface area contributed by atoms with E-state index in [-0.39, 0.29) is 5.41 Å². The first-order valence-electron chi connectivity index (χ1n) is 6.74. The van der Waals surface area contributed by atoms with Gasteiger partial charge in [0, 0.05) is 20.3 Å². The van der Waals surface area contributed by atoms with Crippen LogP contribution in [0.1, 0.15) is 27.2 Å². The Morgan fingerprint density at radius 1 is 1.32 bits per heavy atom. The fraction of sp³-hybridized carbons (Fsp3) is 0.600. The Hall–Kier alpha value is -1.42. The maximum Gasteiger partial charge on any atom is 0.144 e. The van der Waals surface area contributed by atoms with E-state index in [1.807, 2.05) is 25.1 Å². The van der Waals surface area contributed by atoms with E-state index in [2.05, 4.69) is 19.2 Å². The van der Waals surface area contributed by atoms with E-state index in [9.17, 15) is 0 Å². The summed E-state index contributed by atoms with van der Waals surface area (Å²) >= 11 is 0. The predicted octanol–water partition coefficient (Wildman–Crippen LogP) is 3.14. The second-order valence-corrected chi connectivity index (χ2v) is 5.41. The van der Waals surface area contributed by atoms with E-state index in [1.165, 1.54) is 0 Å². The summed E-state index contributed by atoms with van der Waals surface area (Å²) in [6.45, 7) is 8.60. The van der Waals surface area contributed by atoms with Crippen molar-refractivity contribution in [3.8, 4) is 5.75 Å². The van der Waals surface area contributed by atoms with Crippen molar-refractivity contribution in [1.29, 1.82) is 0 Å². The molecule has 0 bridgehead atoms. The lowest BCUT2D eigenvalue weighted by molar-refractivity contribution is 0.157. The third-order valence-corrected chi connectivity index (χ3v) is 3.11. The first-order valence-corrected chi connectivity index (χ1v) is 6.74. The molecular weight excluding hydrogens is 240 g/mol. The molecule has 0 aliphatic carbocycles. The molecule has 0 aliphatic rings. The normalized spacial score (nSPS) is 11.4. The average molecular weight is 266 g/mol. The monoisotopic (exact) mass is 266 g/mol. The fourth-order valence-corrected chi connectivity index (χ4v) is 1.78. The van der Waals surface area contributed by atoms with Crippen LogP contribution in [0.3, 0.4) is 0 Å². The minimum atomic E-state index is 0.157. The minimum Gasteiger partial charge on any atom is -0.492 e. The predicted molar refractivity (Wildman–Crippen MR) is 80.8 cm³/mol. The molecule has 0 spiro atoms. The molecule has 0 saturated carbocycles. The Morgan fingerprint density at radius 3 is 2.68 bits per heavy atom. The van der Waals surface area contributed by atoms with E-state index < -0.39 is 0 Å². The number of hydrogen-bond donors (Lipinski definition) is 2. The molecule has 0 radical (unpaired) electrons. The Kier molecular flexibility index (Phi) is 5.96. The summed E-state index contributed by atoms with van der Waals surface area (Å²) in [5, 5.41) is 3.40. The Bertz CT molecular complexity index is 392. The molecule has 0 atom stereocenters. The lowest BCUT2D eigenvalue weighted by atomic mass is 9.89. The van der Waals surface area contributed by atoms with Gasteiger partial charge in [-0.2, -0.15) is 0 Å². The summed E-state index contributed by atoms with van der Waals surface area (Å²) in [6, 6.07) is 5.82. The quantitative estimate of drug-likeness (QED) is 0.710. The van der Waals surface area contributed by atoms with E-state index >= 15 is 0 Å². The summed E-state index contributed by atoms with van der Waals surface area (Å²) < 4.78 is 10.6. The molecule has 108 valence electrons.